The van der Waals surface area contributed by atoms with E-state index in [1.165, 1.54) is 6.20 Å². The Morgan fingerprint density at radius 3 is 3.00 bits per heavy atom. The first-order valence-electron chi connectivity index (χ1n) is 8.95. The van der Waals surface area contributed by atoms with Gasteiger partial charge in [-0.2, -0.15) is 5.26 Å². The largest absolute Gasteiger partial charge is 0.369 e. The van der Waals surface area contributed by atoms with Crippen molar-refractivity contribution >= 4 is 22.6 Å². The molecule has 0 radical (unpaired) electrons. The highest BCUT2D eigenvalue weighted by molar-refractivity contribution is 5.74. The Labute approximate surface area is 154 Å². The number of hydrogen-bond donors (Lipinski definition) is 2. The van der Waals surface area contributed by atoms with Crippen LogP contribution in [0.1, 0.15) is 36.7 Å². The van der Waals surface area contributed by atoms with Gasteiger partial charge < -0.3 is 10.3 Å². The van der Waals surface area contributed by atoms with Crippen LogP contribution in [0, 0.1) is 17.2 Å². The first-order chi connectivity index (χ1) is 13.3. The summed E-state index contributed by atoms with van der Waals surface area (Å²) in [6.45, 7) is 0.828. The highest BCUT2D eigenvalue weighted by Gasteiger charge is 2.29. The first kappa shape index (κ1) is 15.7. The molecular weight excluding hydrogens is 342 g/mol. The molecule has 0 bridgehead atoms. The quantitative estimate of drug-likeness (QED) is 0.573. The Bertz CT molecular complexity index is 1140. The minimum atomic E-state index is 0.325. The topological polar surface area (TPSA) is 120 Å². The van der Waals surface area contributed by atoms with Gasteiger partial charge in [0.2, 0.25) is 0 Å². The van der Waals surface area contributed by atoms with Crippen molar-refractivity contribution in [1.29, 1.82) is 5.26 Å². The van der Waals surface area contributed by atoms with Gasteiger partial charge >= 0.3 is 0 Å². The van der Waals surface area contributed by atoms with E-state index in [2.05, 4.69) is 39.9 Å². The van der Waals surface area contributed by atoms with Crippen LogP contribution < -0.4 is 5.32 Å². The number of H-pyrrole nitrogens is 1. The minimum absolute atomic E-state index is 0.325. The van der Waals surface area contributed by atoms with Crippen LogP contribution >= 0.6 is 0 Å². The first-order valence-corrected chi connectivity index (χ1v) is 8.95. The monoisotopic (exact) mass is 359 g/mol. The number of anilines is 1. The van der Waals surface area contributed by atoms with E-state index in [9.17, 15) is 0 Å². The number of hydrogen-bond acceptors (Lipinski definition) is 7. The van der Waals surface area contributed by atoms with Gasteiger partial charge in [0.05, 0.1) is 24.1 Å². The second kappa shape index (κ2) is 6.32. The molecule has 0 aromatic carbocycles. The summed E-state index contributed by atoms with van der Waals surface area (Å²) in [5.74, 6) is 2.62. The van der Waals surface area contributed by atoms with E-state index in [4.69, 9.17) is 5.26 Å². The fourth-order valence-electron chi connectivity index (χ4n) is 3.88. The zero-order valence-corrected chi connectivity index (χ0v) is 14.5. The molecule has 9 nitrogen and oxygen atoms in total. The molecule has 4 aromatic rings. The molecule has 2 N–H and O–H groups in total. The molecule has 5 rings (SSSR count). The van der Waals surface area contributed by atoms with Gasteiger partial charge in [0.1, 0.15) is 17.7 Å². The third-order valence-corrected chi connectivity index (χ3v) is 5.21. The Hall–Kier alpha value is -3.54. The van der Waals surface area contributed by atoms with Gasteiger partial charge in [-0.15, -0.1) is 10.2 Å². The van der Waals surface area contributed by atoms with Crippen molar-refractivity contribution in [3.63, 3.8) is 0 Å². The minimum Gasteiger partial charge on any atom is -0.369 e. The Morgan fingerprint density at radius 1 is 1.19 bits per heavy atom. The van der Waals surface area contributed by atoms with E-state index in [-0.39, 0.29) is 0 Å². The molecule has 0 saturated heterocycles. The van der Waals surface area contributed by atoms with Crippen molar-refractivity contribution in [3.8, 4) is 6.07 Å². The van der Waals surface area contributed by atoms with Gasteiger partial charge in [0.15, 0.2) is 17.0 Å². The average Bonchev–Trinajstić information content (AvgIpc) is 3.44. The number of nitriles is 1. The van der Waals surface area contributed by atoms with E-state index in [0.717, 1.165) is 48.4 Å². The van der Waals surface area contributed by atoms with Gasteiger partial charge in [-0.25, -0.2) is 15.0 Å². The maximum absolute atomic E-state index is 8.79. The number of nitrogens with zero attached hydrogens (tertiary/aromatic N) is 7. The molecule has 1 fully saturated rings. The molecule has 2 atom stereocenters. The molecule has 1 saturated carbocycles. The predicted molar refractivity (Wildman–Crippen MR) is 98.0 cm³/mol. The fraction of sp³-hybridized carbons (Fsp3) is 0.333. The van der Waals surface area contributed by atoms with Gasteiger partial charge in [0, 0.05) is 18.7 Å². The lowest BCUT2D eigenvalue weighted by atomic mass is 10.0. The number of aromatic nitrogens is 7. The molecule has 0 amide bonds. The molecular formula is C18H17N9. The lowest BCUT2D eigenvalue weighted by Gasteiger charge is -2.12. The summed E-state index contributed by atoms with van der Waals surface area (Å²) in [5.41, 5.74) is 2.97. The molecule has 9 heteroatoms. The molecule has 4 aromatic heterocycles. The molecule has 0 aliphatic heterocycles. The number of nitrogens with one attached hydrogen (secondary N) is 2. The van der Waals surface area contributed by atoms with Crippen molar-refractivity contribution in [1.82, 2.24) is 34.5 Å². The maximum Gasteiger partial charge on any atom is 0.179 e. The maximum atomic E-state index is 8.79. The van der Waals surface area contributed by atoms with Crippen LogP contribution in [-0.2, 0) is 0 Å². The highest BCUT2D eigenvalue weighted by Crippen LogP contribution is 2.38. The Balaban J connectivity index is 1.31. The molecule has 4 heterocycles. The molecule has 134 valence electrons. The Kier molecular flexibility index (Phi) is 3.67. The van der Waals surface area contributed by atoms with E-state index in [0.29, 0.717) is 23.3 Å². The fourth-order valence-corrected chi connectivity index (χ4v) is 3.88. The number of fused-ring (bicyclic) bond motifs is 3. The summed E-state index contributed by atoms with van der Waals surface area (Å²) in [6, 6.07) is 3.99. The lowest BCUT2D eigenvalue weighted by Crippen LogP contribution is -2.13. The van der Waals surface area contributed by atoms with Gasteiger partial charge in [-0.05, 0) is 31.2 Å². The van der Waals surface area contributed by atoms with Crippen LogP contribution in [0.15, 0.2) is 30.9 Å². The van der Waals surface area contributed by atoms with Gasteiger partial charge in [-0.3, -0.25) is 4.40 Å². The average molecular weight is 359 g/mol. The van der Waals surface area contributed by atoms with Crippen LogP contribution in [0.5, 0.6) is 0 Å². The van der Waals surface area contributed by atoms with E-state index < -0.39 is 0 Å². The zero-order chi connectivity index (χ0) is 18.2. The summed E-state index contributed by atoms with van der Waals surface area (Å²) in [4.78, 5) is 15.8. The van der Waals surface area contributed by atoms with Crippen molar-refractivity contribution in [2.24, 2.45) is 5.92 Å². The molecule has 0 spiro atoms. The molecule has 0 unspecified atom stereocenters. The standard InChI is InChI=1S/C18H17N9/c19-6-13-8-23-15(9-21-13)22-7-11-1-2-12(5-11)18-26-25-16-10-24-17-14(27(16)18)3-4-20-17/h3-4,8-12,20H,1-2,5,7H2,(H,22,23)/t11-,12+/m0/s1. The van der Waals surface area contributed by atoms with Crippen molar-refractivity contribution < 1.29 is 0 Å². The second-order valence-electron chi connectivity index (χ2n) is 6.88. The van der Waals surface area contributed by atoms with Gasteiger partial charge in [0.25, 0.3) is 0 Å². The van der Waals surface area contributed by atoms with Gasteiger partial charge in [-0.1, -0.05) is 0 Å². The SMILES string of the molecule is N#Cc1cnc(NC[C@H]2CC[C@@H](c3nnc4cnc5[nH]ccc5n34)C2)cn1. The Morgan fingerprint density at radius 2 is 2.15 bits per heavy atom. The highest BCUT2D eigenvalue weighted by atomic mass is 15.3. The normalized spacial score (nSPS) is 19.5. The van der Waals surface area contributed by atoms with E-state index in [1.807, 2.05) is 18.3 Å². The van der Waals surface area contributed by atoms with Crippen LogP contribution in [0.3, 0.4) is 0 Å². The van der Waals surface area contributed by atoms with Crippen LogP contribution in [0.4, 0.5) is 5.82 Å². The zero-order valence-electron chi connectivity index (χ0n) is 14.5. The molecule has 27 heavy (non-hydrogen) atoms. The third-order valence-electron chi connectivity index (χ3n) is 5.21. The smallest absolute Gasteiger partial charge is 0.179 e. The predicted octanol–water partition coefficient (Wildman–Crippen LogP) is 2.26. The summed E-state index contributed by atoms with van der Waals surface area (Å²) in [5, 5.41) is 20.9. The second-order valence-corrected chi connectivity index (χ2v) is 6.88. The van der Waals surface area contributed by atoms with Crippen LogP contribution in [0.25, 0.3) is 16.8 Å². The summed E-state index contributed by atoms with van der Waals surface area (Å²) < 4.78 is 2.12. The van der Waals surface area contributed by atoms with Crippen molar-refractivity contribution in [3.05, 3.63) is 42.4 Å². The van der Waals surface area contributed by atoms with E-state index >= 15 is 0 Å². The van der Waals surface area contributed by atoms with Crippen LogP contribution in [-0.4, -0.2) is 41.1 Å². The number of aromatic amines is 1. The third kappa shape index (κ3) is 2.75. The van der Waals surface area contributed by atoms with Crippen molar-refractivity contribution in [2.75, 3.05) is 11.9 Å². The lowest BCUT2D eigenvalue weighted by molar-refractivity contribution is 0.558. The van der Waals surface area contributed by atoms with Crippen molar-refractivity contribution in [2.45, 2.75) is 25.2 Å². The number of rotatable bonds is 4. The van der Waals surface area contributed by atoms with Crippen LogP contribution in [0.2, 0.25) is 0 Å². The molecule has 1 aliphatic rings. The summed E-state index contributed by atoms with van der Waals surface area (Å²) in [6.07, 6.45) is 9.99. The summed E-state index contributed by atoms with van der Waals surface area (Å²) >= 11 is 0. The summed E-state index contributed by atoms with van der Waals surface area (Å²) in [7, 11) is 0. The van der Waals surface area contributed by atoms with E-state index in [1.54, 1.807) is 12.4 Å². The molecule has 1 aliphatic carbocycles.